The van der Waals surface area contributed by atoms with Gasteiger partial charge < -0.3 is 14.7 Å². The second-order valence-corrected chi connectivity index (χ2v) is 8.59. The molecule has 2 heterocycles. The molecule has 3 aromatic rings. The largest absolute Gasteiger partial charge is 0.368 e. The number of carbonyl (C=O) groups excluding carboxylic acids is 2. The van der Waals surface area contributed by atoms with Gasteiger partial charge >= 0.3 is 0 Å². The van der Waals surface area contributed by atoms with Crippen LogP contribution in [0.3, 0.4) is 0 Å². The van der Waals surface area contributed by atoms with E-state index in [1.807, 2.05) is 32.6 Å². The normalized spacial score (nSPS) is 13.2. The fourth-order valence-corrected chi connectivity index (χ4v) is 4.40. The maximum atomic E-state index is 13.1. The van der Waals surface area contributed by atoms with Crippen molar-refractivity contribution < 1.29 is 9.59 Å². The first-order valence-corrected chi connectivity index (χ1v) is 12.8. The highest BCUT2D eigenvalue weighted by Crippen LogP contribution is 2.19. The number of hydrogen-bond acceptors (Lipinski definition) is 5. The molecule has 0 radical (unpaired) electrons. The van der Waals surface area contributed by atoms with Crippen molar-refractivity contribution in [3.8, 4) is 0 Å². The van der Waals surface area contributed by atoms with E-state index in [9.17, 15) is 14.4 Å². The minimum atomic E-state index is -0.281. The van der Waals surface area contributed by atoms with Gasteiger partial charge in [-0.2, -0.15) is 0 Å². The zero-order valence-corrected chi connectivity index (χ0v) is 22.0. The van der Waals surface area contributed by atoms with Gasteiger partial charge in [0.1, 0.15) is 6.54 Å². The van der Waals surface area contributed by atoms with E-state index in [1.165, 1.54) is 22.1 Å². The third-order valence-corrected chi connectivity index (χ3v) is 6.43. The van der Waals surface area contributed by atoms with E-state index in [0.29, 0.717) is 42.6 Å². The summed E-state index contributed by atoms with van der Waals surface area (Å²) in [7, 11) is 0. The van der Waals surface area contributed by atoms with E-state index in [4.69, 9.17) is 0 Å². The Labute approximate surface area is 213 Å². The van der Waals surface area contributed by atoms with Gasteiger partial charge in [0.2, 0.25) is 5.91 Å². The van der Waals surface area contributed by atoms with Crippen LogP contribution in [0.15, 0.2) is 53.6 Å². The van der Waals surface area contributed by atoms with Crippen molar-refractivity contribution in [3.05, 3.63) is 70.3 Å². The molecular weight excluding hydrogens is 454 g/mol. The Morgan fingerprint density at radius 3 is 2.31 bits per heavy atom. The number of anilines is 1. The van der Waals surface area contributed by atoms with E-state index in [2.05, 4.69) is 41.1 Å². The standard InChI is InChI=1S/C26H31N5O3.C2H6/c1-4-28(5-2)24(32)17-31-18-27-23-16-20(9-10-22(23)26(31)34)25(33)30-13-11-29(12-14-30)21-8-6-7-19(3)15-21;1-2/h6-10,15-16,18H,4-5,11-14,17H2,1-3H3;1-2H3. The third kappa shape index (κ3) is 5.93. The Balaban J connectivity index is 0.00000176. The Hall–Kier alpha value is -3.68. The molecule has 0 saturated carbocycles. The summed E-state index contributed by atoms with van der Waals surface area (Å²) in [5.74, 6) is -0.182. The Kier molecular flexibility index (Phi) is 9.22. The van der Waals surface area contributed by atoms with E-state index in [-0.39, 0.29) is 23.9 Å². The molecule has 0 N–H and O–H groups in total. The highest BCUT2D eigenvalue weighted by molar-refractivity contribution is 5.97. The van der Waals surface area contributed by atoms with Crippen LogP contribution in [0.5, 0.6) is 0 Å². The van der Waals surface area contributed by atoms with Crippen molar-refractivity contribution in [2.24, 2.45) is 0 Å². The van der Waals surface area contributed by atoms with Crippen LogP contribution in [-0.4, -0.2) is 70.4 Å². The minimum Gasteiger partial charge on any atom is -0.368 e. The van der Waals surface area contributed by atoms with Crippen LogP contribution in [0.4, 0.5) is 5.69 Å². The van der Waals surface area contributed by atoms with Gasteiger partial charge in [0.05, 0.1) is 17.2 Å². The van der Waals surface area contributed by atoms with Gasteiger partial charge in [-0.25, -0.2) is 4.98 Å². The summed E-state index contributed by atoms with van der Waals surface area (Å²) in [4.78, 5) is 48.6. The van der Waals surface area contributed by atoms with Crippen molar-refractivity contribution in [3.63, 3.8) is 0 Å². The van der Waals surface area contributed by atoms with Crippen LogP contribution in [0, 0.1) is 6.92 Å². The first-order chi connectivity index (χ1) is 17.4. The lowest BCUT2D eigenvalue weighted by Crippen LogP contribution is -2.48. The zero-order chi connectivity index (χ0) is 26.2. The summed E-state index contributed by atoms with van der Waals surface area (Å²) >= 11 is 0. The molecule has 8 heteroatoms. The zero-order valence-electron chi connectivity index (χ0n) is 22.0. The van der Waals surface area contributed by atoms with Gasteiger partial charge in [-0.3, -0.25) is 19.0 Å². The molecular formula is C28H37N5O3. The molecule has 0 spiro atoms. The number of fused-ring (bicyclic) bond motifs is 1. The van der Waals surface area contributed by atoms with Crippen molar-refractivity contribution in [1.29, 1.82) is 0 Å². The molecule has 1 aliphatic rings. The molecule has 2 aromatic carbocycles. The van der Waals surface area contributed by atoms with Gasteiger partial charge in [0.25, 0.3) is 11.5 Å². The highest BCUT2D eigenvalue weighted by Gasteiger charge is 2.23. The number of carbonyl (C=O) groups is 2. The quantitative estimate of drug-likeness (QED) is 0.527. The van der Waals surface area contributed by atoms with Crippen molar-refractivity contribution in [1.82, 2.24) is 19.4 Å². The predicted octanol–water partition coefficient (Wildman–Crippen LogP) is 3.56. The summed E-state index contributed by atoms with van der Waals surface area (Å²) in [6.07, 6.45) is 1.39. The van der Waals surface area contributed by atoms with Gasteiger partial charge in [0.15, 0.2) is 0 Å². The molecule has 1 aliphatic heterocycles. The molecule has 1 fully saturated rings. The maximum absolute atomic E-state index is 13.1. The van der Waals surface area contributed by atoms with Crippen molar-refractivity contribution >= 4 is 28.4 Å². The topological polar surface area (TPSA) is 78.8 Å². The summed E-state index contributed by atoms with van der Waals surface area (Å²) in [5.41, 5.74) is 3.09. The fourth-order valence-electron chi connectivity index (χ4n) is 4.40. The lowest BCUT2D eigenvalue weighted by molar-refractivity contribution is -0.131. The molecule has 0 atom stereocenters. The Morgan fingerprint density at radius 2 is 1.67 bits per heavy atom. The summed E-state index contributed by atoms with van der Waals surface area (Å²) < 4.78 is 1.33. The number of likely N-dealkylation sites (N-methyl/N-ethyl adjacent to an activating group) is 1. The number of rotatable bonds is 6. The number of nitrogens with zero attached hydrogens (tertiary/aromatic N) is 5. The average molecular weight is 492 g/mol. The SMILES string of the molecule is CC.CCN(CC)C(=O)Cn1cnc2cc(C(=O)N3CCN(c4cccc(C)c4)CC3)ccc2c1=O. The highest BCUT2D eigenvalue weighted by atomic mass is 16.2. The number of aryl methyl sites for hydroxylation is 1. The molecule has 192 valence electrons. The smallest absolute Gasteiger partial charge is 0.261 e. The summed E-state index contributed by atoms with van der Waals surface area (Å²) in [6.45, 7) is 13.8. The van der Waals surface area contributed by atoms with Crippen LogP contribution in [0.25, 0.3) is 10.9 Å². The van der Waals surface area contributed by atoms with Crippen LogP contribution in [0.2, 0.25) is 0 Å². The van der Waals surface area contributed by atoms with E-state index >= 15 is 0 Å². The van der Waals surface area contributed by atoms with Gasteiger partial charge in [-0.1, -0.05) is 26.0 Å². The van der Waals surface area contributed by atoms with Gasteiger partial charge in [-0.15, -0.1) is 0 Å². The number of benzene rings is 2. The van der Waals surface area contributed by atoms with Crippen LogP contribution >= 0.6 is 0 Å². The van der Waals surface area contributed by atoms with E-state index in [0.717, 1.165) is 13.1 Å². The van der Waals surface area contributed by atoms with Gasteiger partial charge in [-0.05, 0) is 56.7 Å². The Bertz CT molecular complexity index is 1260. The van der Waals surface area contributed by atoms with E-state index < -0.39 is 0 Å². The molecule has 4 rings (SSSR count). The fraction of sp³-hybridized carbons (Fsp3) is 0.429. The molecule has 8 nitrogen and oxygen atoms in total. The third-order valence-electron chi connectivity index (χ3n) is 6.43. The predicted molar refractivity (Wildman–Crippen MR) is 145 cm³/mol. The molecule has 36 heavy (non-hydrogen) atoms. The maximum Gasteiger partial charge on any atom is 0.261 e. The van der Waals surface area contributed by atoms with E-state index in [1.54, 1.807) is 23.1 Å². The van der Waals surface area contributed by atoms with Gasteiger partial charge in [0, 0.05) is 50.5 Å². The average Bonchev–Trinajstić information content (AvgIpc) is 2.91. The second-order valence-electron chi connectivity index (χ2n) is 8.59. The Morgan fingerprint density at radius 1 is 0.972 bits per heavy atom. The first kappa shape index (κ1) is 26.9. The van der Waals surface area contributed by atoms with Crippen LogP contribution in [0.1, 0.15) is 43.6 Å². The lowest BCUT2D eigenvalue weighted by atomic mass is 10.1. The number of hydrogen-bond donors (Lipinski definition) is 0. The molecule has 0 aliphatic carbocycles. The first-order valence-electron chi connectivity index (χ1n) is 12.8. The number of aromatic nitrogens is 2. The monoisotopic (exact) mass is 491 g/mol. The van der Waals surface area contributed by atoms with Crippen LogP contribution < -0.4 is 10.5 Å². The number of amides is 2. The lowest BCUT2D eigenvalue weighted by Gasteiger charge is -2.36. The molecule has 1 aromatic heterocycles. The minimum absolute atomic E-state index is 0.0463. The summed E-state index contributed by atoms with van der Waals surface area (Å²) in [5, 5.41) is 0.399. The second kappa shape index (κ2) is 12.3. The van der Waals surface area contributed by atoms with Crippen molar-refractivity contribution in [2.45, 2.75) is 41.2 Å². The molecule has 2 amide bonds. The number of piperazine rings is 1. The molecule has 0 unspecified atom stereocenters. The van der Waals surface area contributed by atoms with Crippen molar-refractivity contribution in [2.75, 3.05) is 44.2 Å². The summed E-state index contributed by atoms with van der Waals surface area (Å²) in [6, 6.07) is 13.4. The molecule has 0 bridgehead atoms. The van der Waals surface area contributed by atoms with Crippen LogP contribution in [-0.2, 0) is 11.3 Å². The molecule has 1 saturated heterocycles.